The summed E-state index contributed by atoms with van der Waals surface area (Å²) in [6.07, 6.45) is 0. The molecule has 246 valence electrons. The SMILES string of the molecule is c1ccc(-c2cccc(-c3nc(-c4cccc(-c5ccccc5)c4)nc(-n4c5cccc6c7ccccc7c7c8ccccc8cc4c7c65)n3)c2)cc1. The molecule has 4 nitrogen and oxygen atoms in total. The number of rotatable bonds is 5. The summed E-state index contributed by atoms with van der Waals surface area (Å²) in [6, 6.07) is 64.3. The predicted molar refractivity (Wildman–Crippen MR) is 220 cm³/mol. The van der Waals surface area contributed by atoms with E-state index in [0.29, 0.717) is 17.6 Å². The first-order valence-electron chi connectivity index (χ1n) is 18.0. The Kier molecular flexibility index (Phi) is 6.52. The summed E-state index contributed by atoms with van der Waals surface area (Å²) in [4.78, 5) is 15.9. The Hall–Kier alpha value is -7.17. The van der Waals surface area contributed by atoms with Gasteiger partial charge in [-0.2, -0.15) is 9.97 Å². The molecule has 9 aromatic carbocycles. The Bertz CT molecular complexity index is 3060. The molecule has 0 amide bonds. The summed E-state index contributed by atoms with van der Waals surface area (Å²) in [7, 11) is 0. The highest BCUT2D eigenvalue weighted by Crippen LogP contribution is 2.46. The smallest absolute Gasteiger partial charge is 0.238 e. The molecule has 0 bridgehead atoms. The minimum absolute atomic E-state index is 0.588. The average molecular weight is 675 g/mol. The largest absolute Gasteiger partial charge is 0.278 e. The van der Waals surface area contributed by atoms with Gasteiger partial charge in [-0.3, -0.25) is 4.57 Å². The van der Waals surface area contributed by atoms with E-state index in [9.17, 15) is 0 Å². The van der Waals surface area contributed by atoms with E-state index in [1.54, 1.807) is 0 Å². The van der Waals surface area contributed by atoms with Crippen molar-refractivity contribution in [1.29, 1.82) is 0 Å². The lowest BCUT2D eigenvalue weighted by atomic mass is 9.91. The highest BCUT2D eigenvalue weighted by molar-refractivity contribution is 6.39. The molecule has 0 N–H and O–H groups in total. The van der Waals surface area contributed by atoms with Gasteiger partial charge in [-0.1, -0.05) is 158 Å². The molecular weight excluding hydrogens is 645 g/mol. The van der Waals surface area contributed by atoms with Crippen LogP contribution in [0.15, 0.2) is 182 Å². The normalized spacial score (nSPS) is 11.8. The van der Waals surface area contributed by atoms with Gasteiger partial charge in [0, 0.05) is 27.3 Å². The summed E-state index contributed by atoms with van der Waals surface area (Å²) < 4.78 is 2.26. The maximum Gasteiger partial charge on any atom is 0.238 e. The number of hydrogen-bond donors (Lipinski definition) is 0. The summed E-state index contributed by atoms with van der Waals surface area (Å²) in [5.74, 6) is 1.83. The molecule has 0 spiro atoms. The number of aromatic nitrogens is 4. The molecule has 11 rings (SSSR count). The van der Waals surface area contributed by atoms with Crippen LogP contribution in [0.2, 0.25) is 0 Å². The first kappa shape index (κ1) is 29.5. The number of benzene rings is 9. The molecule has 0 radical (unpaired) electrons. The van der Waals surface area contributed by atoms with Gasteiger partial charge in [0.05, 0.1) is 11.0 Å². The van der Waals surface area contributed by atoms with Crippen LogP contribution >= 0.6 is 0 Å². The Balaban J connectivity index is 1.24. The van der Waals surface area contributed by atoms with Gasteiger partial charge in [0.2, 0.25) is 5.95 Å². The van der Waals surface area contributed by atoms with Gasteiger partial charge in [-0.05, 0) is 73.5 Å². The topological polar surface area (TPSA) is 43.6 Å². The molecule has 2 aromatic heterocycles. The Morgan fingerprint density at radius 2 is 0.792 bits per heavy atom. The van der Waals surface area contributed by atoms with E-state index in [4.69, 9.17) is 15.0 Å². The van der Waals surface area contributed by atoms with Crippen molar-refractivity contribution in [3.63, 3.8) is 0 Å². The van der Waals surface area contributed by atoms with Crippen LogP contribution in [0.1, 0.15) is 0 Å². The van der Waals surface area contributed by atoms with E-state index < -0.39 is 0 Å². The molecule has 0 aliphatic rings. The molecular formula is C49H30N4. The van der Waals surface area contributed by atoms with Gasteiger partial charge < -0.3 is 0 Å². The molecule has 0 atom stereocenters. The second-order valence-corrected chi connectivity index (χ2v) is 13.6. The Morgan fingerprint density at radius 3 is 1.45 bits per heavy atom. The van der Waals surface area contributed by atoms with Crippen LogP contribution in [0, 0.1) is 0 Å². The Labute approximate surface area is 305 Å². The van der Waals surface area contributed by atoms with E-state index in [1.807, 2.05) is 12.1 Å². The zero-order chi connectivity index (χ0) is 34.9. The fourth-order valence-electron chi connectivity index (χ4n) is 8.20. The number of fused-ring (bicyclic) bond motifs is 5. The van der Waals surface area contributed by atoms with Crippen molar-refractivity contribution in [2.75, 3.05) is 0 Å². The lowest BCUT2D eigenvalue weighted by Gasteiger charge is -2.13. The van der Waals surface area contributed by atoms with E-state index in [2.05, 4.69) is 174 Å². The van der Waals surface area contributed by atoms with Crippen LogP contribution in [-0.2, 0) is 0 Å². The van der Waals surface area contributed by atoms with Crippen molar-refractivity contribution < 1.29 is 0 Å². The average Bonchev–Trinajstić information content (AvgIpc) is 3.57. The molecule has 4 heteroatoms. The van der Waals surface area contributed by atoms with Gasteiger partial charge in [0.1, 0.15) is 0 Å². The highest BCUT2D eigenvalue weighted by atomic mass is 15.2. The van der Waals surface area contributed by atoms with Crippen LogP contribution in [0.25, 0.3) is 105 Å². The quantitative estimate of drug-likeness (QED) is 0.171. The van der Waals surface area contributed by atoms with E-state index in [1.165, 1.54) is 43.1 Å². The monoisotopic (exact) mass is 674 g/mol. The van der Waals surface area contributed by atoms with Crippen LogP contribution in [0.5, 0.6) is 0 Å². The van der Waals surface area contributed by atoms with Crippen LogP contribution in [-0.4, -0.2) is 19.5 Å². The third-order valence-corrected chi connectivity index (χ3v) is 10.6. The third-order valence-electron chi connectivity index (χ3n) is 10.6. The van der Waals surface area contributed by atoms with Crippen molar-refractivity contribution in [3.05, 3.63) is 182 Å². The van der Waals surface area contributed by atoms with Crippen LogP contribution < -0.4 is 0 Å². The van der Waals surface area contributed by atoms with Gasteiger partial charge in [0.25, 0.3) is 0 Å². The lowest BCUT2D eigenvalue weighted by Crippen LogP contribution is -2.06. The van der Waals surface area contributed by atoms with Gasteiger partial charge >= 0.3 is 0 Å². The minimum atomic E-state index is 0.588. The summed E-state index contributed by atoms with van der Waals surface area (Å²) in [5, 5.41) is 9.86. The van der Waals surface area contributed by atoms with Crippen LogP contribution in [0.3, 0.4) is 0 Å². The summed E-state index contributed by atoms with van der Waals surface area (Å²) >= 11 is 0. The standard InChI is InChI=1S/C49H30N4/c1-3-14-31(15-4-1)33-19-11-21-36(28-33)47-50-48(37-22-12-20-34(29-37)32-16-5-2-6-17-32)52-49(51-47)53-42-27-13-26-41-39-24-9-10-25-40(39)44-38-23-8-7-18-35(38)30-43(53)46(44)45(41)42/h1-30H. The maximum atomic E-state index is 5.34. The lowest BCUT2D eigenvalue weighted by molar-refractivity contribution is 0.954. The molecule has 2 heterocycles. The van der Waals surface area contributed by atoms with E-state index in [0.717, 1.165) is 44.4 Å². The molecule has 0 fully saturated rings. The first-order chi connectivity index (χ1) is 26.3. The zero-order valence-electron chi connectivity index (χ0n) is 28.6. The van der Waals surface area contributed by atoms with Crippen molar-refractivity contribution in [2.45, 2.75) is 0 Å². The number of nitrogens with zero attached hydrogens (tertiary/aromatic N) is 4. The highest BCUT2D eigenvalue weighted by Gasteiger charge is 2.24. The van der Waals surface area contributed by atoms with Crippen molar-refractivity contribution in [1.82, 2.24) is 19.5 Å². The molecule has 0 aliphatic heterocycles. The fraction of sp³-hybridized carbons (Fsp3) is 0. The number of hydrogen-bond acceptors (Lipinski definition) is 3. The Morgan fingerprint density at radius 1 is 0.302 bits per heavy atom. The van der Waals surface area contributed by atoms with Gasteiger partial charge in [0.15, 0.2) is 11.6 Å². The molecule has 0 saturated carbocycles. The molecule has 0 saturated heterocycles. The van der Waals surface area contributed by atoms with E-state index in [-0.39, 0.29) is 0 Å². The predicted octanol–water partition coefficient (Wildman–Crippen LogP) is 12.5. The fourth-order valence-corrected chi connectivity index (χ4v) is 8.20. The minimum Gasteiger partial charge on any atom is -0.278 e. The zero-order valence-corrected chi connectivity index (χ0v) is 28.6. The van der Waals surface area contributed by atoms with Crippen molar-refractivity contribution in [2.24, 2.45) is 0 Å². The van der Waals surface area contributed by atoms with Crippen LogP contribution in [0.4, 0.5) is 0 Å². The van der Waals surface area contributed by atoms with Crippen molar-refractivity contribution in [3.8, 4) is 51.0 Å². The second-order valence-electron chi connectivity index (χ2n) is 13.6. The molecule has 11 aromatic rings. The van der Waals surface area contributed by atoms with E-state index >= 15 is 0 Å². The second kappa shape index (κ2) is 11.7. The molecule has 0 unspecified atom stereocenters. The molecule has 0 aliphatic carbocycles. The first-order valence-corrected chi connectivity index (χ1v) is 18.0. The summed E-state index contributed by atoms with van der Waals surface area (Å²) in [5.41, 5.74) is 8.52. The van der Waals surface area contributed by atoms with Crippen molar-refractivity contribution >= 4 is 54.1 Å². The maximum absolute atomic E-state index is 5.34. The summed E-state index contributed by atoms with van der Waals surface area (Å²) in [6.45, 7) is 0. The van der Waals surface area contributed by atoms with Gasteiger partial charge in [-0.25, -0.2) is 4.98 Å². The third kappa shape index (κ3) is 4.66. The molecule has 53 heavy (non-hydrogen) atoms. The van der Waals surface area contributed by atoms with Gasteiger partial charge in [-0.15, -0.1) is 0 Å².